The van der Waals surface area contributed by atoms with Gasteiger partial charge in [-0.1, -0.05) is 24.3 Å². The van der Waals surface area contributed by atoms with E-state index < -0.39 is 5.97 Å². The summed E-state index contributed by atoms with van der Waals surface area (Å²) in [5, 5.41) is 8.94. The van der Waals surface area contributed by atoms with Gasteiger partial charge >= 0.3 is 5.97 Å². The van der Waals surface area contributed by atoms with E-state index in [0.29, 0.717) is 5.56 Å². The number of rotatable bonds is 5. The van der Waals surface area contributed by atoms with E-state index in [1.165, 1.54) is 0 Å². The maximum atomic E-state index is 12.7. The summed E-state index contributed by atoms with van der Waals surface area (Å²) in [6.45, 7) is 8.04. The Morgan fingerprint density at radius 1 is 0.750 bits per heavy atom. The highest BCUT2D eigenvalue weighted by Crippen LogP contribution is 2.21. The summed E-state index contributed by atoms with van der Waals surface area (Å²) in [6.07, 6.45) is 0. The van der Waals surface area contributed by atoms with E-state index in [4.69, 9.17) is 5.11 Å². The lowest BCUT2D eigenvalue weighted by Gasteiger charge is -2.30. The fourth-order valence-electron chi connectivity index (χ4n) is 2.82. The summed E-state index contributed by atoms with van der Waals surface area (Å²) < 4.78 is 0. The first-order valence-electron chi connectivity index (χ1n) is 8.07. The highest BCUT2D eigenvalue weighted by atomic mass is 16.4. The molecule has 0 radical (unpaired) electrons. The minimum absolute atomic E-state index is 0.0211. The van der Waals surface area contributed by atoms with Crippen molar-refractivity contribution in [3.8, 4) is 11.1 Å². The van der Waals surface area contributed by atoms with Gasteiger partial charge in [0.05, 0.1) is 5.56 Å². The number of carbonyl (C=O) groups is 2. The lowest BCUT2D eigenvalue weighted by atomic mass is 10.0. The largest absolute Gasteiger partial charge is 0.478 e. The minimum atomic E-state index is -0.940. The van der Waals surface area contributed by atoms with Crippen LogP contribution < -0.4 is 0 Å². The molecule has 0 saturated carbocycles. The van der Waals surface area contributed by atoms with Gasteiger partial charge in [0.25, 0.3) is 5.91 Å². The number of aromatic carboxylic acids is 1. The number of nitrogens with zero attached hydrogens (tertiary/aromatic N) is 1. The van der Waals surface area contributed by atoms with Crippen LogP contribution in [0.1, 0.15) is 48.4 Å². The Labute approximate surface area is 142 Å². The molecule has 2 aromatic rings. The van der Waals surface area contributed by atoms with E-state index in [1.807, 2.05) is 56.9 Å². The van der Waals surface area contributed by atoms with Crippen LogP contribution in [0.2, 0.25) is 0 Å². The van der Waals surface area contributed by atoms with Gasteiger partial charge in [0, 0.05) is 17.6 Å². The maximum Gasteiger partial charge on any atom is 0.335 e. The molecule has 126 valence electrons. The molecule has 0 aliphatic rings. The molecule has 2 aromatic carbocycles. The monoisotopic (exact) mass is 325 g/mol. The van der Waals surface area contributed by atoms with Crippen molar-refractivity contribution in [2.24, 2.45) is 0 Å². The van der Waals surface area contributed by atoms with Crippen LogP contribution in [0.4, 0.5) is 0 Å². The fourth-order valence-corrected chi connectivity index (χ4v) is 2.82. The van der Waals surface area contributed by atoms with Crippen molar-refractivity contribution in [1.82, 2.24) is 4.90 Å². The van der Waals surface area contributed by atoms with Gasteiger partial charge in [-0.15, -0.1) is 0 Å². The zero-order valence-electron chi connectivity index (χ0n) is 14.5. The maximum absolute atomic E-state index is 12.7. The van der Waals surface area contributed by atoms with Crippen molar-refractivity contribution in [1.29, 1.82) is 0 Å². The van der Waals surface area contributed by atoms with Crippen LogP contribution in [0.3, 0.4) is 0 Å². The smallest absolute Gasteiger partial charge is 0.335 e. The van der Waals surface area contributed by atoms with Gasteiger partial charge in [0.15, 0.2) is 0 Å². The van der Waals surface area contributed by atoms with Gasteiger partial charge < -0.3 is 10.0 Å². The minimum Gasteiger partial charge on any atom is -0.478 e. The predicted octanol–water partition coefficient (Wildman–Crippen LogP) is 4.31. The van der Waals surface area contributed by atoms with Crippen molar-refractivity contribution in [3.63, 3.8) is 0 Å². The normalized spacial score (nSPS) is 10.9. The molecule has 0 spiro atoms. The molecule has 2 rings (SSSR count). The molecule has 0 unspecified atom stereocenters. The van der Waals surface area contributed by atoms with Crippen LogP contribution in [0.5, 0.6) is 0 Å². The summed E-state index contributed by atoms with van der Waals surface area (Å²) in [5.41, 5.74) is 2.78. The molecule has 0 atom stereocenters. The molecule has 4 nitrogen and oxygen atoms in total. The first kappa shape index (κ1) is 17.7. The van der Waals surface area contributed by atoms with Crippen molar-refractivity contribution in [3.05, 3.63) is 59.7 Å². The number of benzene rings is 2. The highest BCUT2D eigenvalue weighted by Gasteiger charge is 2.21. The number of amides is 1. The van der Waals surface area contributed by atoms with Crippen LogP contribution >= 0.6 is 0 Å². The van der Waals surface area contributed by atoms with Crippen LogP contribution in [-0.2, 0) is 0 Å². The van der Waals surface area contributed by atoms with Gasteiger partial charge in [0.2, 0.25) is 0 Å². The molecule has 0 fully saturated rings. The summed E-state index contributed by atoms with van der Waals surface area (Å²) >= 11 is 0. The summed E-state index contributed by atoms with van der Waals surface area (Å²) in [4.78, 5) is 25.4. The van der Waals surface area contributed by atoms with Crippen molar-refractivity contribution in [2.45, 2.75) is 39.8 Å². The molecular weight excluding hydrogens is 302 g/mol. The van der Waals surface area contributed by atoms with E-state index in [1.54, 1.807) is 24.3 Å². The van der Waals surface area contributed by atoms with E-state index in [-0.39, 0.29) is 23.6 Å². The van der Waals surface area contributed by atoms with Gasteiger partial charge in [-0.2, -0.15) is 0 Å². The molecule has 0 aromatic heterocycles. The molecule has 0 aliphatic carbocycles. The third-order valence-electron chi connectivity index (χ3n) is 3.94. The van der Waals surface area contributed by atoms with Gasteiger partial charge in [-0.3, -0.25) is 4.79 Å². The fraction of sp³-hybridized carbons (Fsp3) is 0.300. The van der Waals surface area contributed by atoms with Crippen LogP contribution in [0.25, 0.3) is 11.1 Å². The number of hydrogen-bond acceptors (Lipinski definition) is 2. The average Bonchev–Trinajstić information content (AvgIpc) is 2.54. The first-order valence-corrected chi connectivity index (χ1v) is 8.07. The highest BCUT2D eigenvalue weighted by molar-refractivity contribution is 5.95. The third-order valence-corrected chi connectivity index (χ3v) is 3.94. The molecule has 0 aliphatic heterocycles. The van der Waals surface area contributed by atoms with Crippen molar-refractivity contribution in [2.75, 3.05) is 0 Å². The second kappa shape index (κ2) is 7.30. The van der Waals surface area contributed by atoms with E-state index in [0.717, 1.165) is 11.1 Å². The molecule has 1 amide bonds. The third kappa shape index (κ3) is 3.82. The van der Waals surface area contributed by atoms with Crippen molar-refractivity contribution >= 4 is 11.9 Å². The van der Waals surface area contributed by atoms with Crippen molar-refractivity contribution < 1.29 is 14.7 Å². The number of carbonyl (C=O) groups excluding carboxylic acids is 1. The molecule has 0 bridgehead atoms. The number of carboxylic acid groups (broad SMARTS) is 1. The summed E-state index contributed by atoms with van der Waals surface area (Å²) in [5.74, 6) is -0.919. The van der Waals surface area contributed by atoms with E-state index >= 15 is 0 Å². The Hall–Kier alpha value is -2.62. The standard InChI is InChI=1S/C20H23NO3/c1-13(2)21(14(3)4)19(22)17-9-5-15(6-10-17)16-7-11-18(12-8-16)20(23)24/h5-14H,1-4H3,(H,23,24). The average molecular weight is 325 g/mol. The van der Waals surface area contributed by atoms with Gasteiger partial charge in [-0.25, -0.2) is 4.79 Å². The second-order valence-corrected chi connectivity index (χ2v) is 6.36. The Morgan fingerprint density at radius 3 is 1.46 bits per heavy atom. The van der Waals surface area contributed by atoms with Gasteiger partial charge in [0.1, 0.15) is 0 Å². The Balaban J connectivity index is 2.24. The zero-order chi connectivity index (χ0) is 17.9. The lowest BCUT2D eigenvalue weighted by Crippen LogP contribution is -2.42. The Morgan fingerprint density at radius 2 is 1.12 bits per heavy atom. The SMILES string of the molecule is CC(C)N(C(=O)c1ccc(-c2ccc(C(=O)O)cc2)cc1)C(C)C. The zero-order valence-corrected chi connectivity index (χ0v) is 14.5. The quantitative estimate of drug-likeness (QED) is 0.891. The Bertz CT molecular complexity index is 708. The second-order valence-electron chi connectivity index (χ2n) is 6.36. The summed E-state index contributed by atoms with van der Waals surface area (Å²) in [6, 6.07) is 14.4. The number of carboxylic acids is 1. The Kier molecular flexibility index (Phi) is 5.39. The predicted molar refractivity (Wildman–Crippen MR) is 95.3 cm³/mol. The van der Waals surface area contributed by atoms with Gasteiger partial charge in [-0.05, 0) is 63.1 Å². The molecule has 1 N–H and O–H groups in total. The number of hydrogen-bond donors (Lipinski definition) is 1. The molecular formula is C20H23NO3. The molecule has 24 heavy (non-hydrogen) atoms. The molecule has 0 saturated heterocycles. The van der Waals surface area contributed by atoms with Crippen LogP contribution in [0, 0.1) is 0 Å². The lowest BCUT2D eigenvalue weighted by molar-refractivity contribution is 0.0642. The summed E-state index contributed by atoms with van der Waals surface area (Å²) in [7, 11) is 0. The van der Waals surface area contributed by atoms with E-state index in [2.05, 4.69) is 0 Å². The first-order chi connectivity index (χ1) is 11.3. The topological polar surface area (TPSA) is 57.6 Å². The molecule has 4 heteroatoms. The van der Waals surface area contributed by atoms with E-state index in [9.17, 15) is 9.59 Å². The molecule has 0 heterocycles. The van der Waals surface area contributed by atoms with Crippen LogP contribution in [0.15, 0.2) is 48.5 Å². The van der Waals surface area contributed by atoms with Crippen LogP contribution in [-0.4, -0.2) is 34.0 Å².